The van der Waals surface area contributed by atoms with Crippen molar-refractivity contribution in [3.05, 3.63) is 40.5 Å². The molecule has 1 aromatic heterocycles. The summed E-state index contributed by atoms with van der Waals surface area (Å²) in [5.74, 6) is 0.929. The zero-order chi connectivity index (χ0) is 17.6. The van der Waals surface area contributed by atoms with Crippen molar-refractivity contribution < 1.29 is 4.74 Å². The number of nitrogens with two attached hydrogens (primary N) is 1. The lowest BCUT2D eigenvalue weighted by Crippen LogP contribution is -2.61. The number of ether oxygens (including phenoxy) is 1. The van der Waals surface area contributed by atoms with Gasteiger partial charge in [-0.15, -0.1) is 0 Å². The Balaban J connectivity index is 1.70. The van der Waals surface area contributed by atoms with Crippen LogP contribution in [0, 0.1) is 6.92 Å². The molecule has 0 bridgehead atoms. The van der Waals surface area contributed by atoms with Crippen LogP contribution in [-0.4, -0.2) is 54.8 Å². The number of aryl methyl sites for hydroxylation is 1. The normalized spacial score (nSPS) is 18.4. The van der Waals surface area contributed by atoms with Gasteiger partial charge < -0.3 is 15.4 Å². The Kier molecular flexibility index (Phi) is 4.06. The van der Waals surface area contributed by atoms with E-state index in [1.54, 1.807) is 13.3 Å². The molecule has 0 atom stereocenters. The van der Waals surface area contributed by atoms with Crippen molar-refractivity contribution in [1.82, 2.24) is 14.9 Å². The van der Waals surface area contributed by atoms with Crippen molar-refractivity contribution in [2.45, 2.75) is 12.3 Å². The standard InChI is InChI=1S/C18H22ClN5O/c1-12-3-4-13-15(7-12)24(16-14(19)8-21-17(20)22-16)11-18(13)9-23(10-18)5-6-25-2/h3-4,7-8H,5-6,9-11H2,1-2H3,(H2,20,21,22). The minimum atomic E-state index is 0.111. The van der Waals surface area contributed by atoms with Gasteiger partial charge >= 0.3 is 0 Å². The van der Waals surface area contributed by atoms with Crippen LogP contribution in [0.5, 0.6) is 0 Å². The van der Waals surface area contributed by atoms with Crippen LogP contribution in [0.3, 0.4) is 0 Å². The molecule has 2 N–H and O–H groups in total. The van der Waals surface area contributed by atoms with Gasteiger partial charge in [0.05, 0.1) is 12.8 Å². The molecule has 132 valence electrons. The first-order valence-corrected chi connectivity index (χ1v) is 8.78. The number of nitrogens with zero attached hydrogens (tertiary/aromatic N) is 4. The molecule has 7 heteroatoms. The molecule has 1 fully saturated rings. The molecule has 25 heavy (non-hydrogen) atoms. The third-order valence-corrected chi connectivity index (χ3v) is 5.41. The molecule has 2 aromatic rings. The van der Waals surface area contributed by atoms with Gasteiger partial charge in [0.1, 0.15) is 5.02 Å². The highest BCUT2D eigenvalue weighted by Gasteiger charge is 2.51. The van der Waals surface area contributed by atoms with Gasteiger partial charge in [0.2, 0.25) is 5.95 Å². The van der Waals surface area contributed by atoms with Crippen LogP contribution in [0.2, 0.25) is 5.02 Å². The van der Waals surface area contributed by atoms with Crippen molar-refractivity contribution in [3.63, 3.8) is 0 Å². The summed E-state index contributed by atoms with van der Waals surface area (Å²) in [6.45, 7) is 6.70. The summed E-state index contributed by atoms with van der Waals surface area (Å²) in [6, 6.07) is 6.63. The maximum Gasteiger partial charge on any atom is 0.222 e. The van der Waals surface area contributed by atoms with Crippen LogP contribution in [0.15, 0.2) is 24.4 Å². The molecule has 0 aliphatic carbocycles. The van der Waals surface area contributed by atoms with Gasteiger partial charge in [-0.2, -0.15) is 4.98 Å². The first-order chi connectivity index (χ1) is 12.0. The molecule has 1 aromatic carbocycles. The monoisotopic (exact) mass is 359 g/mol. The van der Waals surface area contributed by atoms with E-state index in [1.165, 1.54) is 16.8 Å². The largest absolute Gasteiger partial charge is 0.383 e. The van der Waals surface area contributed by atoms with Crippen molar-refractivity contribution in [2.24, 2.45) is 0 Å². The van der Waals surface area contributed by atoms with Crippen LogP contribution >= 0.6 is 11.6 Å². The molecule has 1 spiro atoms. The fourth-order valence-electron chi connectivity index (χ4n) is 3.99. The highest BCUT2D eigenvalue weighted by Crippen LogP contribution is 2.49. The van der Waals surface area contributed by atoms with Gasteiger partial charge in [-0.05, 0) is 24.1 Å². The van der Waals surface area contributed by atoms with Gasteiger partial charge in [-0.3, -0.25) is 4.90 Å². The first-order valence-electron chi connectivity index (χ1n) is 8.40. The SMILES string of the molecule is COCCN1CC2(C1)CN(c1nc(N)ncc1Cl)c1cc(C)ccc12. The van der Waals surface area contributed by atoms with Crippen LogP contribution < -0.4 is 10.6 Å². The number of likely N-dealkylation sites (tertiary alicyclic amines) is 1. The molecule has 2 aliphatic rings. The lowest BCUT2D eigenvalue weighted by atomic mass is 9.75. The van der Waals surface area contributed by atoms with Gasteiger partial charge in [0.25, 0.3) is 0 Å². The average Bonchev–Trinajstić information content (AvgIpc) is 2.88. The number of benzene rings is 1. The van der Waals surface area contributed by atoms with E-state index >= 15 is 0 Å². The summed E-state index contributed by atoms with van der Waals surface area (Å²) in [5.41, 5.74) is 9.67. The maximum atomic E-state index is 6.38. The third kappa shape index (κ3) is 2.74. The number of anilines is 3. The molecular formula is C18H22ClN5O. The summed E-state index contributed by atoms with van der Waals surface area (Å²) in [5, 5.41) is 0.522. The molecular weight excluding hydrogens is 338 g/mol. The zero-order valence-electron chi connectivity index (χ0n) is 14.5. The van der Waals surface area contributed by atoms with Gasteiger partial charge in [-0.1, -0.05) is 23.7 Å². The predicted octanol–water partition coefficient (Wildman–Crippen LogP) is 2.37. The number of nitrogen functional groups attached to an aromatic ring is 1. The van der Waals surface area contributed by atoms with E-state index in [0.717, 1.165) is 32.8 Å². The number of methoxy groups -OCH3 is 1. The molecule has 2 aliphatic heterocycles. The molecule has 1 saturated heterocycles. The molecule has 0 unspecified atom stereocenters. The van der Waals surface area contributed by atoms with Crippen LogP contribution in [-0.2, 0) is 10.2 Å². The smallest absolute Gasteiger partial charge is 0.222 e. The Labute approximate surface area is 152 Å². The second kappa shape index (κ2) is 6.12. The lowest BCUT2D eigenvalue weighted by molar-refractivity contribution is 0.0478. The Morgan fingerprint density at radius 3 is 2.88 bits per heavy atom. The Morgan fingerprint density at radius 1 is 1.32 bits per heavy atom. The summed E-state index contributed by atoms with van der Waals surface area (Å²) < 4.78 is 5.20. The second-order valence-corrected chi connectivity index (χ2v) is 7.40. The Bertz CT molecular complexity index is 806. The van der Waals surface area contributed by atoms with Crippen LogP contribution in [0.25, 0.3) is 0 Å². The van der Waals surface area contributed by atoms with Gasteiger partial charge in [-0.25, -0.2) is 4.98 Å². The number of aromatic nitrogens is 2. The maximum absolute atomic E-state index is 6.38. The first kappa shape index (κ1) is 16.6. The minimum absolute atomic E-state index is 0.111. The van der Waals surface area contributed by atoms with Crippen molar-refractivity contribution in [2.75, 3.05) is 50.5 Å². The predicted molar refractivity (Wildman–Crippen MR) is 99.6 cm³/mol. The van der Waals surface area contributed by atoms with Crippen molar-refractivity contribution >= 4 is 29.1 Å². The molecule has 0 amide bonds. The summed E-state index contributed by atoms with van der Waals surface area (Å²) in [6.07, 6.45) is 1.57. The average molecular weight is 360 g/mol. The lowest BCUT2D eigenvalue weighted by Gasteiger charge is -2.48. The quantitative estimate of drug-likeness (QED) is 0.904. The molecule has 6 nitrogen and oxygen atoms in total. The van der Waals surface area contributed by atoms with E-state index < -0.39 is 0 Å². The minimum Gasteiger partial charge on any atom is -0.383 e. The van der Waals surface area contributed by atoms with Crippen LogP contribution in [0.1, 0.15) is 11.1 Å². The van der Waals surface area contributed by atoms with E-state index in [9.17, 15) is 0 Å². The molecule has 4 rings (SSSR count). The third-order valence-electron chi connectivity index (χ3n) is 5.14. The van der Waals surface area contributed by atoms with E-state index in [1.807, 2.05) is 0 Å². The number of halogens is 1. The number of rotatable bonds is 4. The molecule has 0 saturated carbocycles. The number of fused-ring (bicyclic) bond motifs is 2. The van der Waals surface area contributed by atoms with Crippen LogP contribution in [0.4, 0.5) is 17.5 Å². The van der Waals surface area contributed by atoms with Crippen molar-refractivity contribution in [3.8, 4) is 0 Å². The van der Waals surface area contributed by atoms with E-state index in [0.29, 0.717) is 10.8 Å². The zero-order valence-corrected chi connectivity index (χ0v) is 15.3. The topological polar surface area (TPSA) is 67.5 Å². The Hall–Kier alpha value is -1.89. The fourth-order valence-corrected chi connectivity index (χ4v) is 4.19. The number of hydrogen-bond donors (Lipinski definition) is 1. The van der Waals surface area contributed by atoms with Gasteiger partial charge in [0.15, 0.2) is 5.82 Å². The van der Waals surface area contributed by atoms with E-state index in [4.69, 9.17) is 22.1 Å². The van der Waals surface area contributed by atoms with Gasteiger partial charge in [0, 0.05) is 44.4 Å². The number of hydrogen-bond acceptors (Lipinski definition) is 6. The highest BCUT2D eigenvalue weighted by atomic mass is 35.5. The molecule has 3 heterocycles. The fraction of sp³-hybridized carbons (Fsp3) is 0.444. The summed E-state index contributed by atoms with van der Waals surface area (Å²) in [7, 11) is 1.74. The second-order valence-electron chi connectivity index (χ2n) is 6.99. The van der Waals surface area contributed by atoms with E-state index in [-0.39, 0.29) is 11.4 Å². The van der Waals surface area contributed by atoms with Crippen molar-refractivity contribution in [1.29, 1.82) is 0 Å². The Morgan fingerprint density at radius 2 is 2.12 bits per heavy atom. The molecule has 0 radical (unpaired) electrons. The summed E-state index contributed by atoms with van der Waals surface area (Å²) >= 11 is 6.38. The van der Waals surface area contributed by atoms with E-state index in [2.05, 4.69) is 44.9 Å². The summed E-state index contributed by atoms with van der Waals surface area (Å²) in [4.78, 5) is 13.0. The highest BCUT2D eigenvalue weighted by molar-refractivity contribution is 6.33.